The zero-order valence-electron chi connectivity index (χ0n) is 9.16. The van der Waals surface area contributed by atoms with Gasteiger partial charge in [-0.15, -0.1) is 0 Å². The molecule has 2 fully saturated rings. The minimum Gasteiger partial charge on any atom is -0.379 e. The Morgan fingerprint density at radius 2 is 2.20 bits per heavy atom. The quantitative estimate of drug-likeness (QED) is 0.640. The zero-order valence-corrected chi connectivity index (χ0v) is 9.16. The Kier molecular flexibility index (Phi) is 3.56. The van der Waals surface area contributed by atoms with Crippen LogP contribution in [0.2, 0.25) is 0 Å². The normalized spacial score (nSPS) is 32.9. The van der Waals surface area contributed by atoms with E-state index in [-0.39, 0.29) is 11.8 Å². The number of hydrogen-bond donors (Lipinski definition) is 2. The van der Waals surface area contributed by atoms with Crippen LogP contribution in [0, 0.1) is 5.92 Å². The molecule has 2 heterocycles. The van der Waals surface area contributed by atoms with E-state index in [9.17, 15) is 4.79 Å². The summed E-state index contributed by atoms with van der Waals surface area (Å²) < 4.78 is 5.22. The maximum Gasteiger partial charge on any atom is 0.239 e. The van der Waals surface area contributed by atoms with Gasteiger partial charge < -0.3 is 10.1 Å². The van der Waals surface area contributed by atoms with Crippen molar-refractivity contribution < 1.29 is 9.53 Å². The molecule has 5 nitrogen and oxygen atoms in total. The number of nitrogens with one attached hydrogen (secondary N) is 2. The van der Waals surface area contributed by atoms with Crippen LogP contribution in [0.25, 0.3) is 0 Å². The molecule has 0 radical (unpaired) electrons. The Morgan fingerprint density at radius 1 is 1.47 bits per heavy atom. The fourth-order valence-electron chi connectivity index (χ4n) is 2.13. The van der Waals surface area contributed by atoms with Gasteiger partial charge in [0.2, 0.25) is 5.91 Å². The Hall–Kier alpha value is -0.650. The van der Waals surface area contributed by atoms with Gasteiger partial charge in [-0.1, -0.05) is 0 Å². The average molecular weight is 213 g/mol. The van der Waals surface area contributed by atoms with E-state index in [1.807, 2.05) is 5.01 Å². The predicted molar refractivity (Wildman–Crippen MR) is 56.1 cm³/mol. The van der Waals surface area contributed by atoms with E-state index in [1.165, 1.54) is 0 Å². The van der Waals surface area contributed by atoms with Crippen molar-refractivity contribution in [3.63, 3.8) is 0 Å². The lowest BCUT2D eigenvalue weighted by molar-refractivity contribution is -0.132. The summed E-state index contributed by atoms with van der Waals surface area (Å²) in [5, 5.41) is 5.24. The number of hydrazine groups is 1. The molecule has 2 saturated heterocycles. The van der Waals surface area contributed by atoms with Crippen molar-refractivity contribution in [3.05, 3.63) is 0 Å². The lowest BCUT2D eigenvalue weighted by atomic mass is 10.0. The average Bonchev–Trinajstić information content (AvgIpc) is 2.66. The third-order valence-corrected chi connectivity index (χ3v) is 3.14. The number of amides is 1. The van der Waals surface area contributed by atoms with Crippen molar-refractivity contribution in [1.29, 1.82) is 0 Å². The first-order valence-electron chi connectivity index (χ1n) is 5.64. The monoisotopic (exact) mass is 213 g/mol. The second kappa shape index (κ2) is 4.92. The van der Waals surface area contributed by atoms with Gasteiger partial charge in [-0.25, -0.2) is 5.01 Å². The minimum atomic E-state index is 0.118. The van der Waals surface area contributed by atoms with E-state index < -0.39 is 0 Å². The van der Waals surface area contributed by atoms with Crippen LogP contribution < -0.4 is 10.7 Å². The Balaban J connectivity index is 1.80. The molecule has 2 N–H and O–H groups in total. The summed E-state index contributed by atoms with van der Waals surface area (Å²) in [6.07, 6.45) is 0.942. The van der Waals surface area contributed by atoms with Gasteiger partial charge in [-0.3, -0.25) is 10.2 Å². The van der Waals surface area contributed by atoms with Crippen molar-refractivity contribution in [2.75, 3.05) is 32.8 Å². The van der Waals surface area contributed by atoms with Gasteiger partial charge in [0.05, 0.1) is 19.1 Å². The highest BCUT2D eigenvalue weighted by atomic mass is 16.5. The highest BCUT2D eigenvalue weighted by Gasteiger charge is 2.30. The summed E-state index contributed by atoms with van der Waals surface area (Å²) in [5.74, 6) is 0.266. The number of carbonyl (C=O) groups excluding carboxylic acids is 1. The van der Waals surface area contributed by atoms with Crippen molar-refractivity contribution >= 4 is 5.91 Å². The summed E-state index contributed by atoms with van der Waals surface area (Å²) in [4.78, 5) is 11.9. The molecule has 86 valence electrons. The molecule has 0 aromatic rings. The Bertz CT molecular complexity index is 229. The van der Waals surface area contributed by atoms with Crippen LogP contribution in [0.5, 0.6) is 0 Å². The predicted octanol–water partition coefficient (Wildman–Crippen LogP) is -0.652. The molecule has 0 spiro atoms. The Labute approximate surface area is 90.1 Å². The van der Waals surface area contributed by atoms with E-state index in [4.69, 9.17) is 4.74 Å². The fourth-order valence-corrected chi connectivity index (χ4v) is 2.13. The van der Waals surface area contributed by atoms with Gasteiger partial charge in [0.1, 0.15) is 0 Å². The van der Waals surface area contributed by atoms with E-state index in [1.54, 1.807) is 0 Å². The second-order valence-electron chi connectivity index (χ2n) is 4.21. The van der Waals surface area contributed by atoms with Gasteiger partial charge in [0.25, 0.3) is 0 Å². The maximum atomic E-state index is 11.9. The van der Waals surface area contributed by atoms with Crippen LogP contribution in [0.15, 0.2) is 0 Å². The molecule has 0 aromatic carbocycles. The van der Waals surface area contributed by atoms with Gasteiger partial charge in [0, 0.05) is 19.1 Å². The second-order valence-corrected chi connectivity index (χ2v) is 4.21. The van der Waals surface area contributed by atoms with E-state index in [0.717, 1.165) is 26.1 Å². The van der Waals surface area contributed by atoms with Crippen molar-refractivity contribution in [1.82, 2.24) is 15.8 Å². The molecular weight excluding hydrogens is 194 g/mol. The summed E-state index contributed by atoms with van der Waals surface area (Å²) in [5.41, 5.74) is 2.97. The lowest BCUT2D eigenvalue weighted by Gasteiger charge is -2.28. The van der Waals surface area contributed by atoms with Crippen molar-refractivity contribution in [2.45, 2.75) is 19.4 Å². The number of rotatable bonds is 2. The SMILES string of the molecule is CC1NCCC1C(=O)NN1CCOCC1. The molecule has 15 heavy (non-hydrogen) atoms. The highest BCUT2D eigenvalue weighted by molar-refractivity contribution is 5.79. The third kappa shape index (κ3) is 2.68. The standard InChI is InChI=1S/C10H19N3O2/c1-8-9(2-3-11-8)10(14)12-13-4-6-15-7-5-13/h8-9,11H,2-7H2,1H3,(H,12,14). The van der Waals surface area contributed by atoms with Crippen LogP contribution in [-0.2, 0) is 9.53 Å². The first-order valence-corrected chi connectivity index (χ1v) is 5.64. The van der Waals surface area contributed by atoms with Crippen LogP contribution in [0.1, 0.15) is 13.3 Å². The molecule has 5 heteroatoms. The first-order chi connectivity index (χ1) is 7.27. The summed E-state index contributed by atoms with van der Waals surface area (Å²) in [6, 6.07) is 0.297. The molecule has 2 atom stereocenters. The lowest BCUT2D eigenvalue weighted by Crippen LogP contribution is -2.51. The molecule has 2 aliphatic heterocycles. The van der Waals surface area contributed by atoms with Gasteiger partial charge >= 0.3 is 0 Å². The highest BCUT2D eigenvalue weighted by Crippen LogP contribution is 2.15. The van der Waals surface area contributed by atoms with E-state index in [0.29, 0.717) is 19.3 Å². The van der Waals surface area contributed by atoms with Crippen LogP contribution in [0.4, 0.5) is 0 Å². The Morgan fingerprint density at radius 3 is 2.80 bits per heavy atom. The number of hydrogen-bond acceptors (Lipinski definition) is 4. The molecule has 2 rings (SSSR count). The molecule has 0 aliphatic carbocycles. The van der Waals surface area contributed by atoms with Crippen molar-refractivity contribution in [2.24, 2.45) is 5.92 Å². The number of nitrogens with zero attached hydrogens (tertiary/aromatic N) is 1. The van der Waals surface area contributed by atoms with Gasteiger partial charge in [-0.2, -0.15) is 0 Å². The molecule has 2 unspecified atom stereocenters. The van der Waals surface area contributed by atoms with E-state index in [2.05, 4.69) is 17.7 Å². The molecule has 0 bridgehead atoms. The topological polar surface area (TPSA) is 53.6 Å². The largest absolute Gasteiger partial charge is 0.379 e. The molecule has 2 aliphatic rings. The van der Waals surface area contributed by atoms with Crippen LogP contribution in [-0.4, -0.2) is 49.8 Å². The van der Waals surface area contributed by atoms with Gasteiger partial charge in [0.15, 0.2) is 0 Å². The molecule has 1 amide bonds. The molecule has 0 saturated carbocycles. The van der Waals surface area contributed by atoms with Gasteiger partial charge in [-0.05, 0) is 19.9 Å². The fraction of sp³-hybridized carbons (Fsp3) is 0.900. The maximum absolute atomic E-state index is 11.9. The summed E-state index contributed by atoms with van der Waals surface area (Å²) in [6.45, 7) is 6.01. The smallest absolute Gasteiger partial charge is 0.239 e. The number of morpholine rings is 1. The summed E-state index contributed by atoms with van der Waals surface area (Å²) in [7, 11) is 0. The molecular formula is C10H19N3O2. The minimum absolute atomic E-state index is 0.118. The number of ether oxygens (including phenoxy) is 1. The zero-order chi connectivity index (χ0) is 10.7. The van der Waals surface area contributed by atoms with Crippen LogP contribution >= 0.6 is 0 Å². The number of carbonyl (C=O) groups is 1. The molecule has 0 aromatic heterocycles. The van der Waals surface area contributed by atoms with Crippen molar-refractivity contribution in [3.8, 4) is 0 Å². The van der Waals surface area contributed by atoms with Crippen LogP contribution in [0.3, 0.4) is 0 Å². The van der Waals surface area contributed by atoms with E-state index >= 15 is 0 Å². The third-order valence-electron chi connectivity index (χ3n) is 3.14. The first kappa shape index (κ1) is 10.9. The summed E-state index contributed by atoms with van der Waals surface area (Å²) >= 11 is 0.